The van der Waals surface area contributed by atoms with E-state index < -0.39 is 0 Å². The number of hydrogen-bond donors (Lipinski definition) is 1. The molecule has 4 bridgehead atoms. The highest BCUT2D eigenvalue weighted by Gasteiger charge is 2.62. The molecular weight excluding hydrogens is 326 g/mol. The first-order valence-corrected chi connectivity index (χ1v) is 9.84. The van der Waals surface area contributed by atoms with Gasteiger partial charge in [0.15, 0.2) is 0 Å². The molecule has 0 aliphatic heterocycles. The number of carbonyl (C=O) groups is 2. The topological polar surface area (TPSA) is 55.4 Å². The third kappa shape index (κ3) is 2.93. The lowest BCUT2D eigenvalue weighted by Crippen LogP contribution is -2.58. The van der Waals surface area contributed by atoms with E-state index in [9.17, 15) is 9.59 Å². The van der Waals surface area contributed by atoms with E-state index in [-0.39, 0.29) is 17.3 Å². The molecule has 4 saturated carbocycles. The summed E-state index contributed by atoms with van der Waals surface area (Å²) in [7, 11) is 0. The van der Waals surface area contributed by atoms with Crippen molar-refractivity contribution in [3.63, 3.8) is 0 Å². The van der Waals surface area contributed by atoms with Gasteiger partial charge in [-0.15, -0.1) is 0 Å². The van der Waals surface area contributed by atoms with Crippen LogP contribution in [0.5, 0.6) is 0 Å². The number of carbonyl (C=O) groups excluding carboxylic acids is 2. The van der Waals surface area contributed by atoms with Gasteiger partial charge in [-0.1, -0.05) is 19.9 Å². The quantitative estimate of drug-likeness (QED) is 0.790. The van der Waals surface area contributed by atoms with Crippen molar-refractivity contribution in [3.05, 3.63) is 29.8 Å². The summed E-state index contributed by atoms with van der Waals surface area (Å²) in [5.41, 5.74) is 1.53. The van der Waals surface area contributed by atoms with Crippen molar-refractivity contribution in [1.29, 1.82) is 0 Å². The first kappa shape index (κ1) is 17.6. The van der Waals surface area contributed by atoms with Gasteiger partial charge in [0.25, 0.3) is 0 Å². The van der Waals surface area contributed by atoms with Crippen molar-refractivity contribution >= 4 is 17.6 Å². The zero-order valence-corrected chi connectivity index (χ0v) is 16.1. The van der Waals surface area contributed by atoms with E-state index in [1.165, 1.54) is 19.3 Å². The molecule has 1 amide bonds. The van der Waals surface area contributed by atoms with E-state index in [0.29, 0.717) is 34.6 Å². The molecule has 1 N–H and O–H groups in total. The highest BCUT2D eigenvalue weighted by atomic mass is 16.5. The molecular formula is C22H29NO3. The van der Waals surface area contributed by atoms with Crippen molar-refractivity contribution in [2.75, 3.05) is 11.9 Å². The lowest BCUT2D eigenvalue weighted by molar-refractivity contribution is -0.165. The second-order valence-electron chi connectivity index (χ2n) is 9.67. The fourth-order valence-electron chi connectivity index (χ4n) is 6.90. The fourth-order valence-corrected chi connectivity index (χ4v) is 6.90. The minimum absolute atomic E-state index is 0.139. The SMILES string of the molecule is CCOC(=O)c1cccc(NC(=O)C23CC4C[C@@](C)(C2)C[C@](C)(C4)C3)c1. The van der Waals surface area contributed by atoms with Crippen LogP contribution in [0, 0.1) is 22.2 Å². The maximum absolute atomic E-state index is 13.3. The third-order valence-corrected chi connectivity index (χ3v) is 6.74. The molecule has 1 aromatic rings. The van der Waals surface area contributed by atoms with Crippen molar-refractivity contribution < 1.29 is 14.3 Å². The van der Waals surface area contributed by atoms with Crippen LogP contribution in [0.15, 0.2) is 24.3 Å². The van der Waals surface area contributed by atoms with E-state index in [4.69, 9.17) is 4.74 Å². The fraction of sp³-hybridized carbons (Fsp3) is 0.636. The Labute approximate surface area is 155 Å². The smallest absolute Gasteiger partial charge is 0.338 e. The van der Waals surface area contributed by atoms with Crippen LogP contribution >= 0.6 is 0 Å². The first-order valence-electron chi connectivity index (χ1n) is 9.84. The molecule has 4 nitrogen and oxygen atoms in total. The van der Waals surface area contributed by atoms with Gasteiger partial charge >= 0.3 is 5.97 Å². The molecule has 4 aliphatic carbocycles. The number of ether oxygens (including phenoxy) is 1. The predicted octanol–water partition coefficient (Wildman–Crippen LogP) is 4.80. The Morgan fingerprint density at radius 2 is 1.81 bits per heavy atom. The molecule has 0 radical (unpaired) electrons. The minimum Gasteiger partial charge on any atom is -0.462 e. The Kier molecular flexibility index (Phi) is 3.94. The van der Waals surface area contributed by atoms with Gasteiger partial charge < -0.3 is 10.1 Å². The van der Waals surface area contributed by atoms with Crippen LogP contribution in [0.4, 0.5) is 5.69 Å². The van der Waals surface area contributed by atoms with Crippen LogP contribution in [-0.4, -0.2) is 18.5 Å². The van der Waals surface area contributed by atoms with Gasteiger partial charge in [0, 0.05) is 5.69 Å². The van der Waals surface area contributed by atoms with E-state index in [0.717, 1.165) is 19.3 Å². The summed E-state index contributed by atoms with van der Waals surface area (Å²) in [6.07, 6.45) is 6.81. The third-order valence-electron chi connectivity index (χ3n) is 6.74. The summed E-state index contributed by atoms with van der Waals surface area (Å²) in [6.45, 7) is 6.88. The largest absolute Gasteiger partial charge is 0.462 e. The zero-order valence-electron chi connectivity index (χ0n) is 16.1. The maximum Gasteiger partial charge on any atom is 0.338 e. The van der Waals surface area contributed by atoms with Gasteiger partial charge in [-0.2, -0.15) is 0 Å². The van der Waals surface area contributed by atoms with Crippen LogP contribution in [0.1, 0.15) is 69.7 Å². The second-order valence-corrected chi connectivity index (χ2v) is 9.67. The highest BCUT2D eigenvalue weighted by molar-refractivity contribution is 5.97. The Balaban J connectivity index is 1.56. The van der Waals surface area contributed by atoms with Crippen molar-refractivity contribution in [3.8, 4) is 0 Å². The number of esters is 1. The Hall–Kier alpha value is -1.84. The van der Waals surface area contributed by atoms with Gasteiger partial charge in [-0.05, 0) is 80.4 Å². The number of benzene rings is 1. The average Bonchev–Trinajstić information content (AvgIpc) is 2.52. The molecule has 4 atom stereocenters. The molecule has 0 aromatic heterocycles. The molecule has 140 valence electrons. The molecule has 26 heavy (non-hydrogen) atoms. The van der Waals surface area contributed by atoms with Crippen LogP contribution in [-0.2, 0) is 9.53 Å². The van der Waals surface area contributed by atoms with E-state index in [2.05, 4.69) is 19.2 Å². The van der Waals surface area contributed by atoms with Gasteiger partial charge in [0.05, 0.1) is 17.6 Å². The highest BCUT2D eigenvalue weighted by Crippen LogP contribution is 2.69. The molecule has 1 aromatic carbocycles. The van der Waals surface area contributed by atoms with Crippen LogP contribution < -0.4 is 5.32 Å². The van der Waals surface area contributed by atoms with Crippen molar-refractivity contribution in [2.45, 2.75) is 59.3 Å². The molecule has 4 fully saturated rings. The standard InChI is InChI=1S/C22H29NO3/c1-4-26-18(24)16-6-5-7-17(8-16)23-19(25)22-11-15-9-20(2,13-22)12-21(3,10-15)14-22/h5-8,15H,4,9-14H2,1-3H3,(H,23,25)/t15?,20-,21+,22?. The lowest BCUT2D eigenvalue weighted by Gasteiger charge is -2.64. The van der Waals surface area contributed by atoms with E-state index in [1.807, 2.05) is 6.07 Å². The van der Waals surface area contributed by atoms with E-state index in [1.54, 1.807) is 25.1 Å². The van der Waals surface area contributed by atoms with Gasteiger partial charge in [0.1, 0.15) is 0 Å². The molecule has 0 saturated heterocycles. The Bertz CT molecular complexity index is 738. The van der Waals surface area contributed by atoms with E-state index >= 15 is 0 Å². The van der Waals surface area contributed by atoms with Gasteiger partial charge in [0.2, 0.25) is 5.91 Å². The normalized spacial score (nSPS) is 37.4. The Morgan fingerprint density at radius 3 is 2.42 bits per heavy atom. The van der Waals surface area contributed by atoms with Crippen molar-refractivity contribution in [2.24, 2.45) is 22.2 Å². The number of nitrogens with one attached hydrogen (secondary N) is 1. The molecule has 5 rings (SSSR count). The molecule has 0 spiro atoms. The summed E-state index contributed by atoms with van der Waals surface area (Å²) in [4.78, 5) is 25.3. The van der Waals surface area contributed by atoms with Crippen molar-refractivity contribution in [1.82, 2.24) is 0 Å². The summed E-state index contributed by atoms with van der Waals surface area (Å²) >= 11 is 0. The summed E-state index contributed by atoms with van der Waals surface area (Å²) in [6, 6.07) is 7.09. The molecule has 4 heteroatoms. The second kappa shape index (κ2) is 5.83. The van der Waals surface area contributed by atoms with Crippen LogP contribution in [0.25, 0.3) is 0 Å². The summed E-state index contributed by atoms with van der Waals surface area (Å²) in [5, 5.41) is 3.12. The zero-order chi connectivity index (χ0) is 18.6. The summed E-state index contributed by atoms with van der Waals surface area (Å²) in [5.74, 6) is 0.469. The molecule has 4 aliphatic rings. The maximum atomic E-state index is 13.3. The minimum atomic E-state index is -0.349. The number of hydrogen-bond acceptors (Lipinski definition) is 3. The van der Waals surface area contributed by atoms with Gasteiger partial charge in [-0.25, -0.2) is 4.79 Å². The van der Waals surface area contributed by atoms with Gasteiger partial charge in [-0.3, -0.25) is 4.79 Å². The number of amides is 1. The molecule has 2 unspecified atom stereocenters. The first-order chi connectivity index (χ1) is 12.2. The van der Waals surface area contributed by atoms with Crippen LogP contribution in [0.3, 0.4) is 0 Å². The predicted molar refractivity (Wildman–Crippen MR) is 101 cm³/mol. The van der Waals surface area contributed by atoms with Crippen LogP contribution in [0.2, 0.25) is 0 Å². The number of rotatable bonds is 4. The lowest BCUT2D eigenvalue weighted by atomic mass is 9.40. The molecule has 0 heterocycles. The average molecular weight is 355 g/mol. The number of anilines is 1. The Morgan fingerprint density at radius 1 is 1.12 bits per heavy atom. The summed E-state index contributed by atoms with van der Waals surface area (Å²) < 4.78 is 5.06. The monoisotopic (exact) mass is 355 g/mol.